The van der Waals surface area contributed by atoms with Gasteiger partial charge in [-0.2, -0.15) is 0 Å². The monoisotopic (exact) mass is 476 g/mol. The first kappa shape index (κ1) is 21.3. The number of halogens is 2. The van der Waals surface area contributed by atoms with E-state index in [4.69, 9.17) is 39.8 Å². The summed E-state index contributed by atoms with van der Waals surface area (Å²) in [5, 5.41) is 7.56. The molecule has 7 heteroatoms. The van der Waals surface area contributed by atoms with Crippen LogP contribution in [0.1, 0.15) is 56.0 Å². The van der Waals surface area contributed by atoms with Crippen LogP contribution in [0.3, 0.4) is 0 Å². The first-order chi connectivity index (χ1) is 14.8. The average Bonchev–Trinajstić information content (AvgIpc) is 3.17. The highest BCUT2D eigenvalue weighted by molar-refractivity contribution is 7.80. The van der Waals surface area contributed by atoms with Gasteiger partial charge in [0.05, 0.1) is 5.02 Å². The number of benzene rings is 1. The number of amides is 1. The van der Waals surface area contributed by atoms with Crippen molar-refractivity contribution in [2.45, 2.75) is 51.5 Å². The van der Waals surface area contributed by atoms with Crippen LogP contribution in [0.2, 0.25) is 10.0 Å². The second-order valence-electron chi connectivity index (χ2n) is 9.72. The molecule has 4 saturated carbocycles. The minimum Gasteiger partial charge on any atom is -0.451 e. The van der Waals surface area contributed by atoms with Crippen LogP contribution in [0, 0.1) is 23.2 Å². The standard InChI is InChI=1S/C24H26Cl2N2O2S/c1-13(24-10-14-6-15(11-24)8-16(7-14)12-24)27-23(31)28-22(29)21-5-4-20(30-21)18-3-2-17(25)9-19(18)26/h2-5,9,13-16H,6-8,10-12H2,1H3,(H2,27,28,29,31). The molecule has 0 saturated heterocycles. The molecule has 4 fully saturated rings. The van der Waals surface area contributed by atoms with Gasteiger partial charge < -0.3 is 9.73 Å². The zero-order valence-electron chi connectivity index (χ0n) is 17.4. The van der Waals surface area contributed by atoms with Crippen LogP contribution in [0.15, 0.2) is 34.7 Å². The second-order valence-corrected chi connectivity index (χ2v) is 11.0. The van der Waals surface area contributed by atoms with Crippen LogP contribution in [0.5, 0.6) is 0 Å². The number of nitrogens with one attached hydrogen (secondary N) is 2. The first-order valence-electron chi connectivity index (χ1n) is 11.0. The van der Waals surface area contributed by atoms with Crippen molar-refractivity contribution >= 4 is 46.4 Å². The molecule has 1 amide bonds. The van der Waals surface area contributed by atoms with Crippen LogP contribution in [0.25, 0.3) is 11.3 Å². The molecule has 4 aliphatic carbocycles. The van der Waals surface area contributed by atoms with Crippen molar-refractivity contribution in [2.24, 2.45) is 23.2 Å². The van der Waals surface area contributed by atoms with Crippen LogP contribution < -0.4 is 10.6 Å². The van der Waals surface area contributed by atoms with Crippen molar-refractivity contribution in [3.63, 3.8) is 0 Å². The predicted molar refractivity (Wildman–Crippen MR) is 127 cm³/mol. The van der Waals surface area contributed by atoms with E-state index in [0.717, 1.165) is 17.8 Å². The third-order valence-corrected chi connectivity index (χ3v) is 8.37. The van der Waals surface area contributed by atoms with Gasteiger partial charge in [0.15, 0.2) is 10.9 Å². The minimum atomic E-state index is -0.369. The summed E-state index contributed by atoms with van der Waals surface area (Å²) < 4.78 is 5.73. The van der Waals surface area contributed by atoms with Gasteiger partial charge in [0.25, 0.3) is 5.91 Å². The predicted octanol–water partition coefficient (Wildman–Crippen LogP) is 6.46. The summed E-state index contributed by atoms with van der Waals surface area (Å²) in [4.78, 5) is 12.7. The van der Waals surface area contributed by atoms with Gasteiger partial charge in [0.1, 0.15) is 5.76 Å². The Bertz CT molecular complexity index is 999. The fourth-order valence-electron chi connectivity index (χ4n) is 6.55. The Morgan fingerprint density at radius 3 is 2.35 bits per heavy atom. The maximum absolute atomic E-state index is 12.7. The average molecular weight is 477 g/mol. The van der Waals surface area contributed by atoms with Gasteiger partial charge in [-0.15, -0.1) is 0 Å². The molecule has 0 spiro atoms. The fourth-order valence-corrected chi connectivity index (χ4v) is 7.32. The molecule has 0 aliphatic heterocycles. The van der Waals surface area contributed by atoms with Crippen molar-refractivity contribution in [2.75, 3.05) is 0 Å². The SMILES string of the molecule is CC(NC(=S)NC(=O)c1ccc(-c2ccc(Cl)cc2Cl)o1)C12CC3CC(CC(C3)C1)C2. The maximum atomic E-state index is 12.7. The van der Waals surface area contributed by atoms with E-state index in [0.29, 0.717) is 31.9 Å². The van der Waals surface area contributed by atoms with Gasteiger partial charge in [0, 0.05) is 16.6 Å². The zero-order chi connectivity index (χ0) is 21.8. The number of carbonyl (C=O) groups excluding carboxylic acids is 1. The Morgan fingerprint density at radius 2 is 1.74 bits per heavy atom. The van der Waals surface area contributed by atoms with Crippen molar-refractivity contribution < 1.29 is 9.21 Å². The summed E-state index contributed by atoms with van der Waals surface area (Å²) in [7, 11) is 0. The van der Waals surface area contributed by atoms with Crippen molar-refractivity contribution in [1.29, 1.82) is 0 Å². The maximum Gasteiger partial charge on any atom is 0.293 e. The van der Waals surface area contributed by atoms with E-state index in [1.807, 2.05) is 0 Å². The zero-order valence-corrected chi connectivity index (χ0v) is 19.7. The normalized spacial score (nSPS) is 29.6. The summed E-state index contributed by atoms with van der Waals surface area (Å²) in [6.45, 7) is 2.22. The van der Waals surface area contributed by atoms with Gasteiger partial charge in [-0.1, -0.05) is 23.2 Å². The molecule has 2 N–H and O–H groups in total. The van der Waals surface area contributed by atoms with Crippen molar-refractivity contribution in [3.8, 4) is 11.3 Å². The lowest BCUT2D eigenvalue weighted by atomic mass is 9.48. The lowest BCUT2D eigenvalue weighted by molar-refractivity contribution is -0.0672. The topological polar surface area (TPSA) is 54.3 Å². The van der Waals surface area contributed by atoms with Gasteiger partial charge in [-0.05, 0) is 111 Å². The summed E-state index contributed by atoms with van der Waals surface area (Å²) in [6.07, 6.45) is 8.08. The van der Waals surface area contributed by atoms with E-state index >= 15 is 0 Å². The van der Waals surface area contributed by atoms with Crippen LogP contribution in [-0.4, -0.2) is 17.1 Å². The molecule has 6 rings (SSSR count). The molecule has 4 nitrogen and oxygen atoms in total. The number of rotatable bonds is 4. The third kappa shape index (κ3) is 4.12. The number of carbonyl (C=O) groups is 1. The smallest absolute Gasteiger partial charge is 0.293 e. The Kier molecular flexibility index (Phi) is 5.56. The first-order valence-corrected chi connectivity index (χ1v) is 12.1. The number of furan rings is 1. The molecule has 0 radical (unpaired) electrons. The third-order valence-electron chi connectivity index (χ3n) is 7.61. The van der Waals surface area contributed by atoms with Crippen LogP contribution >= 0.6 is 35.4 Å². The van der Waals surface area contributed by atoms with Crippen molar-refractivity contribution in [3.05, 3.63) is 46.1 Å². The van der Waals surface area contributed by atoms with Crippen LogP contribution in [0.4, 0.5) is 0 Å². The van der Waals surface area contributed by atoms with E-state index in [1.165, 1.54) is 38.5 Å². The highest BCUT2D eigenvalue weighted by Gasteiger charge is 2.53. The van der Waals surface area contributed by atoms with Crippen LogP contribution in [-0.2, 0) is 0 Å². The molecule has 31 heavy (non-hydrogen) atoms. The Balaban J connectivity index is 1.22. The highest BCUT2D eigenvalue weighted by Crippen LogP contribution is 2.61. The van der Waals surface area contributed by atoms with Gasteiger partial charge in [-0.3, -0.25) is 10.1 Å². The fraction of sp³-hybridized carbons (Fsp3) is 0.500. The number of hydrogen-bond donors (Lipinski definition) is 2. The lowest BCUT2D eigenvalue weighted by Gasteiger charge is -2.59. The molecule has 1 heterocycles. The van der Waals surface area contributed by atoms with Gasteiger partial charge >= 0.3 is 0 Å². The molecule has 1 atom stereocenters. The molecular formula is C24H26Cl2N2O2S. The highest BCUT2D eigenvalue weighted by atomic mass is 35.5. The number of thiocarbonyl (C=S) groups is 1. The number of hydrogen-bond acceptors (Lipinski definition) is 3. The van der Waals surface area contributed by atoms with Crippen molar-refractivity contribution in [1.82, 2.24) is 10.6 Å². The summed E-state index contributed by atoms with van der Waals surface area (Å²) in [5.41, 5.74) is 0.994. The minimum absolute atomic E-state index is 0.188. The molecule has 1 unspecified atom stereocenters. The molecule has 2 aromatic rings. The van der Waals surface area contributed by atoms with E-state index in [1.54, 1.807) is 30.3 Å². The quantitative estimate of drug-likeness (QED) is 0.496. The Hall–Kier alpha value is -1.56. The van der Waals surface area contributed by atoms with E-state index in [9.17, 15) is 4.79 Å². The molecule has 4 bridgehead atoms. The van der Waals surface area contributed by atoms with E-state index in [-0.39, 0.29) is 17.7 Å². The van der Waals surface area contributed by atoms with Gasteiger partial charge in [0.2, 0.25) is 0 Å². The molecular weight excluding hydrogens is 451 g/mol. The summed E-state index contributed by atoms with van der Waals surface area (Å²) in [6, 6.07) is 8.74. The van der Waals surface area contributed by atoms with Gasteiger partial charge in [-0.25, -0.2) is 0 Å². The Labute approximate surface area is 198 Å². The molecule has 164 valence electrons. The molecule has 4 aliphatic rings. The molecule has 1 aromatic heterocycles. The largest absolute Gasteiger partial charge is 0.451 e. The van der Waals surface area contributed by atoms with E-state index < -0.39 is 0 Å². The molecule has 1 aromatic carbocycles. The Morgan fingerprint density at radius 1 is 1.10 bits per heavy atom. The van der Waals surface area contributed by atoms with E-state index in [2.05, 4.69) is 17.6 Å². The lowest BCUT2D eigenvalue weighted by Crippen LogP contribution is -2.57. The summed E-state index contributed by atoms with van der Waals surface area (Å²) in [5.74, 6) is 2.95. The second kappa shape index (κ2) is 8.09. The summed E-state index contributed by atoms with van der Waals surface area (Å²) >= 11 is 17.7.